The lowest BCUT2D eigenvalue weighted by molar-refractivity contribution is -0.140. The van der Waals surface area contributed by atoms with Crippen molar-refractivity contribution in [3.05, 3.63) is 97.1 Å². The maximum atomic E-state index is 12.1. The second kappa shape index (κ2) is 20.0. The number of benzene rings is 3. The average molecular weight is 659 g/mol. The first-order valence-corrected chi connectivity index (χ1v) is 15.8. The Kier molecular flexibility index (Phi) is 15.4. The van der Waals surface area contributed by atoms with E-state index in [1.165, 1.54) is 0 Å². The number of ether oxygens (including phenoxy) is 6. The first-order chi connectivity index (χ1) is 23.1. The second-order valence-corrected chi connectivity index (χ2v) is 11.0. The normalized spacial score (nSPS) is 10.4. The first-order valence-electron chi connectivity index (χ1n) is 15.8. The molecule has 254 valence electrons. The second-order valence-electron chi connectivity index (χ2n) is 11.0. The van der Waals surface area contributed by atoms with Crippen molar-refractivity contribution in [2.75, 3.05) is 13.2 Å². The molecule has 3 rings (SSSR count). The lowest BCUT2D eigenvalue weighted by atomic mass is 10.2. The third-order valence-corrected chi connectivity index (χ3v) is 6.62. The van der Waals surface area contributed by atoms with E-state index in [0.717, 1.165) is 12.8 Å². The van der Waals surface area contributed by atoms with E-state index in [2.05, 4.69) is 13.2 Å². The van der Waals surface area contributed by atoms with Crippen LogP contribution in [0.5, 0.6) is 34.5 Å². The fraction of sp³-hybridized carbons (Fsp3) is 0.316. The van der Waals surface area contributed by atoms with Crippen LogP contribution in [0.25, 0.3) is 0 Å². The van der Waals surface area contributed by atoms with Gasteiger partial charge in [0.15, 0.2) is 0 Å². The highest BCUT2D eigenvalue weighted by molar-refractivity contribution is 5.87. The summed E-state index contributed by atoms with van der Waals surface area (Å²) >= 11 is 0. The number of hydrogen-bond acceptors (Lipinski definition) is 10. The highest BCUT2D eigenvalue weighted by atomic mass is 16.5. The van der Waals surface area contributed by atoms with Gasteiger partial charge in [-0.25, -0.2) is 9.59 Å². The molecule has 48 heavy (non-hydrogen) atoms. The number of rotatable bonds is 20. The monoisotopic (exact) mass is 658 g/mol. The Bertz CT molecular complexity index is 1410. The summed E-state index contributed by atoms with van der Waals surface area (Å²) < 4.78 is 32.6. The highest BCUT2D eigenvalue weighted by Gasteiger charge is 2.09. The smallest absolute Gasteiger partial charge is 0.333 e. The van der Waals surface area contributed by atoms with Crippen LogP contribution >= 0.6 is 0 Å². The van der Waals surface area contributed by atoms with Crippen molar-refractivity contribution in [2.45, 2.75) is 65.2 Å². The van der Waals surface area contributed by atoms with Gasteiger partial charge in [0.05, 0.1) is 13.2 Å². The molecule has 10 nitrogen and oxygen atoms in total. The summed E-state index contributed by atoms with van der Waals surface area (Å²) in [5.41, 5.74) is 0.729. The van der Waals surface area contributed by atoms with Crippen LogP contribution in [0.2, 0.25) is 0 Å². The molecule has 0 saturated heterocycles. The Labute approximate surface area is 281 Å². The van der Waals surface area contributed by atoms with Crippen molar-refractivity contribution in [3.8, 4) is 34.5 Å². The molecule has 0 amide bonds. The van der Waals surface area contributed by atoms with Crippen LogP contribution < -0.4 is 18.9 Å². The third-order valence-electron chi connectivity index (χ3n) is 6.62. The summed E-state index contributed by atoms with van der Waals surface area (Å²) in [5.74, 6) is 1.69. The van der Waals surface area contributed by atoms with E-state index >= 15 is 0 Å². The van der Waals surface area contributed by atoms with Gasteiger partial charge >= 0.3 is 23.9 Å². The fourth-order valence-electron chi connectivity index (χ4n) is 4.04. The Balaban J connectivity index is 1.32. The summed E-state index contributed by atoms with van der Waals surface area (Å²) in [5, 5.41) is 0. The number of carbonyl (C=O) groups excluding carboxylic acids is 4. The zero-order valence-corrected chi connectivity index (χ0v) is 27.5. The quantitative estimate of drug-likeness (QED) is 0.0506. The molecular weight excluding hydrogens is 616 g/mol. The molecule has 0 unspecified atom stereocenters. The fourth-order valence-corrected chi connectivity index (χ4v) is 4.04. The SMILES string of the molecule is C=C(C)C(=O)OCCCCCC(=O)Oc1ccc(Oc2ccc(Oc3ccc(OC(=O)CCCCCOC(=O)C(=C)C)cc3)cc2)cc1. The molecule has 10 heteroatoms. The van der Waals surface area contributed by atoms with Crippen molar-refractivity contribution >= 4 is 23.9 Å². The van der Waals surface area contributed by atoms with E-state index in [4.69, 9.17) is 28.4 Å². The van der Waals surface area contributed by atoms with Crippen LogP contribution in [0.15, 0.2) is 97.1 Å². The molecule has 3 aromatic rings. The van der Waals surface area contributed by atoms with E-state index < -0.39 is 11.9 Å². The minimum atomic E-state index is -0.406. The Hall–Kier alpha value is -5.38. The first kappa shape index (κ1) is 37.1. The van der Waals surface area contributed by atoms with Crippen LogP contribution in [-0.4, -0.2) is 37.1 Å². The van der Waals surface area contributed by atoms with Crippen molar-refractivity contribution in [2.24, 2.45) is 0 Å². The molecular formula is C38H42O10. The van der Waals surface area contributed by atoms with E-state index in [-0.39, 0.29) is 24.8 Å². The van der Waals surface area contributed by atoms with Crippen molar-refractivity contribution < 1.29 is 47.6 Å². The molecule has 0 aliphatic rings. The molecule has 0 spiro atoms. The van der Waals surface area contributed by atoms with Gasteiger partial charge in [0.2, 0.25) is 0 Å². The molecule has 3 aromatic carbocycles. The molecule has 0 saturated carbocycles. The standard InChI is InChI=1S/C38H42O10/c1-27(2)37(41)43-25-9-5-7-11-35(39)47-33-21-17-31(18-22-33)45-29-13-15-30(16-14-29)46-32-19-23-34(24-20-32)48-36(40)12-8-6-10-26-44-38(42)28(3)4/h13-24H,1,3,5-12,25-26H2,2,4H3. The highest BCUT2D eigenvalue weighted by Crippen LogP contribution is 2.29. The summed E-state index contributed by atoms with van der Waals surface area (Å²) in [4.78, 5) is 47.0. The number of esters is 4. The molecule has 0 atom stereocenters. The van der Waals surface area contributed by atoms with Crippen LogP contribution in [-0.2, 0) is 28.7 Å². The van der Waals surface area contributed by atoms with E-state index in [0.29, 0.717) is 84.5 Å². The summed E-state index contributed by atoms with van der Waals surface area (Å²) in [6.45, 7) is 10.9. The maximum Gasteiger partial charge on any atom is 0.333 e. The Morgan fingerprint density at radius 2 is 0.750 bits per heavy atom. The Morgan fingerprint density at radius 3 is 1.04 bits per heavy atom. The van der Waals surface area contributed by atoms with Crippen LogP contribution in [0, 0.1) is 0 Å². The van der Waals surface area contributed by atoms with Gasteiger partial charge in [-0.15, -0.1) is 0 Å². The van der Waals surface area contributed by atoms with E-state index in [1.54, 1.807) is 86.6 Å². The largest absolute Gasteiger partial charge is 0.462 e. The zero-order chi connectivity index (χ0) is 34.7. The topological polar surface area (TPSA) is 124 Å². The van der Waals surface area contributed by atoms with E-state index in [9.17, 15) is 19.2 Å². The molecule has 0 aliphatic carbocycles. The zero-order valence-electron chi connectivity index (χ0n) is 27.5. The Morgan fingerprint density at radius 1 is 0.458 bits per heavy atom. The maximum absolute atomic E-state index is 12.1. The lowest BCUT2D eigenvalue weighted by Gasteiger charge is -2.10. The number of hydrogen-bond donors (Lipinski definition) is 0. The molecule has 0 aromatic heterocycles. The van der Waals surface area contributed by atoms with Gasteiger partial charge in [-0.3, -0.25) is 9.59 Å². The predicted molar refractivity (Wildman–Crippen MR) is 179 cm³/mol. The molecule has 0 bridgehead atoms. The van der Waals surface area contributed by atoms with Gasteiger partial charge in [-0.05, 0) is 125 Å². The number of unbranched alkanes of at least 4 members (excludes halogenated alkanes) is 4. The summed E-state index contributed by atoms with van der Waals surface area (Å²) in [6, 6.07) is 20.6. The van der Waals surface area contributed by atoms with Crippen molar-refractivity contribution in [1.29, 1.82) is 0 Å². The molecule has 0 N–H and O–H groups in total. The molecule has 0 heterocycles. The van der Waals surface area contributed by atoms with Gasteiger partial charge in [0.25, 0.3) is 0 Å². The summed E-state index contributed by atoms with van der Waals surface area (Å²) in [7, 11) is 0. The van der Waals surface area contributed by atoms with Gasteiger partial charge in [0.1, 0.15) is 34.5 Å². The summed E-state index contributed by atoms with van der Waals surface area (Å²) in [6.07, 6.45) is 4.59. The predicted octanol–water partition coefficient (Wildman–Crippen LogP) is 8.44. The van der Waals surface area contributed by atoms with Gasteiger partial charge in [-0.2, -0.15) is 0 Å². The average Bonchev–Trinajstić information content (AvgIpc) is 3.06. The van der Waals surface area contributed by atoms with Crippen LogP contribution in [0.4, 0.5) is 0 Å². The van der Waals surface area contributed by atoms with Crippen LogP contribution in [0.1, 0.15) is 65.2 Å². The van der Waals surface area contributed by atoms with E-state index in [1.807, 2.05) is 0 Å². The molecule has 0 aliphatic heterocycles. The molecule has 0 fully saturated rings. The molecule has 0 radical (unpaired) electrons. The van der Waals surface area contributed by atoms with Crippen molar-refractivity contribution in [1.82, 2.24) is 0 Å². The van der Waals surface area contributed by atoms with Crippen LogP contribution in [0.3, 0.4) is 0 Å². The minimum Gasteiger partial charge on any atom is -0.462 e. The van der Waals surface area contributed by atoms with Gasteiger partial charge in [0, 0.05) is 24.0 Å². The van der Waals surface area contributed by atoms with Gasteiger partial charge < -0.3 is 28.4 Å². The third kappa shape index (κ3) is 14.4. The van der Waals surface area contributed by atoms with Gasteiger partial charge in [-0.1, -0.05) is 13.2 Å². The van der Waals surface area contributed by atoms with Crippen molar-refractivity contribution in [3.63, 3.8) is 0 Å². The number of carbonyl (C=O) groups is 4. The lowest BCUT2D eigenvalue weighted by Crippen LogP contribution is -2.08. The minimum absolute atomic E-state index is 0.263.